The Morgan fingerprint density at radius 3 is 1.34 bits per heavy atom. The maximum atomic E-state index is 12.2. The zero-order valence-corrected chi connectivity index (χ0v) is 26.2. The summed E-state index contributed by atoms with van der Waals surface area (Å²) in [7, 11) is 0. The topological polar surface area (TPSA) is 183 Å². The molecule has 3 amide bonds. The molecule has 0 fully saturated rings. The maximum absolute atomic E-state index is 12.2. The normalized spacial score (nSPS) is 10.4. The third-order valence-electron chi connectivity index (χ3n) is 5.58. The number of terminal acetylenes is 3. The van der Waals surface area contributed by atoms with Gasteiger partial charge in [0.1, 0.15) is 19.8 Å². The second kappa shape index (κ2) is 32.7. The molecule has 0 spiro atoms. The minimum atomic E-state index is -0.876. The molecule has 0 atom stereocenters. The van der Waals surface area contributed by atoms with Crippen molar-refractivity contribution in [1.29, 1.82) is 0 Å². The van der Waals surface area contributed by atoms with Crippen LogP contribution >= 0.6 is 0 Å². The summed E-state index contributed by atoms with van der Waals surface area (Å²) in [4.78, 5) is 35.5. The SMILES string of the molecule is C#CCOCCOCC.C#CCOCCOCCNC(=O)CCC(N)(CCC(N)=O)CCC(=O)NCCOCCOCC#C. The number of carbonyl (C=O) groups excluding carboxylic acids is 3. The summed E-state index contributed by atoms with van der Waals surface area (Å²) in [5.74, 6) is 6.20. The van der Waals surface area contributed by atoms with Crippen LogP contribution in [0.3, 0.4) is 0 Å². The summed E-state index contributed by atoms with van der Waals surface area (Å²) in [5, 5.41) is 5.49. The Morgan fingerprint density at radius 2 is 0.977 bits per heavy atom. The molecule has 0 aliphatic heterocycles. The van der Waals surface area contributed by atoms with E-state index >= 15 is 0 Å². The Kier molecular flexibility index (Phi) is 31.9. The summed E-state index contributed by atoms with van der Waals surface area (Å²) < 4.78 is 30.7. The van der Waals surface area contributed by atoms with Crippen LogP contribution in [0, 0.1) is 37.0 Å². The average molecular weight is 625 g/mol. The lowest BCUT2D eigenvalue weighted by Crippen LogP contribution is -2.43. The van der Waals surface area contributed by atoms with Crippen molar-refractivity contribution >= 4 is 17.7 Å². The smallest absolute Gasteiger partial charge is 0.220 e. The van der Waals surface area contributed by atoms with E-state index < -0.39 is 11.4 Å². The third kappa shape index (κ3) is 33.3. The second-order valence-corrected chi connectivity index (χ2v) is 9.22. The number of nitrogens with two attached hydrogens (primary N) is 2. The Hall–Kier alpha value is -3.19. The van der Waals surface area contributed by atoms with Gasteiger partial charge in [0.25, 0.3) is 0 Å². The zero-order chi connectivity index (χ0) is 33.2. The number of nitrogens with one attached hydrogen (secondary N) is 2. The van der Waals surface area contributed by atoms with E-state index in [1.807, 2.05) is 6.92 Å². The van der Waals surface area contributed by atoms with Gasteiger partial charge in [-0.15, -0.1) is 19.3 Å². The molecule has 0 saturated heterocycles. The molecule has 0 heterocycles. The van der Waals surface area contributed by atoms with Crippen LogP contribution < -0.4 is 22.1 Å². The summed E-state index contributed by atoms with van der Waals surface area (Å²) in [5.41, 5.74) is 10.8. The third-order valence-corrected chi connectivity index (χ3v) is 5.58. The highest BCUT2D eigenvalue weighted by molar-refractivity contribution is 5.77. The highest BCUT2D eigenvalue weighted by Gasteiger charge is 2.27. The van der Waals surface area contributed by atoms with Crippen molar-refractivity contribution in [3.05, 3.63) is 0 Å². The molecule has 0 bridgehead atoms. The molecule has 13 heteroatoms. The summed E-state index contributed by atoms with van der Waals surface area (Å²) in [6, 6.07) is 0. The lowest BCUT2D eigenvalue weighted by molar-refractivity contribution is -0.121. The first kappa shape index (κ1) is 42.9. The van der Waals surface area contributed by atoms with Crippen molar-refractivity contribution in [2.75, 3.05) is 92.4 Å². The highest BCUT2D eigenvalue weighted by atomic mass is 16.5. The number of primary amides is 1. The van der Waals surface area contributed by atoms with E-state index in [-0.39, 0.29) is 50.7 Å². The van der Waals surface area contributed by atoms with Gasteiger partial charge < -0.3 is 50.5 Å². The van der Waals surface area contributed by atoms with E-state index in [1.165, 1.54) is 0 Å². The summed E-state index contributed by atoms with van der Waals surface area (Å²) in [6.07, 6.45) is 16.3. The molecule has 44 heavy (non-hydrogen) atoms. The lowest BCUT2D eigenvalue weighted by Gasteiger charge is -2.29. The van der Waals surface area contributed by atoms with Gasteiger partial charge in [0, 0.05) is 44.5 Å². The molecule has 13 nitrogen and oxygen atoms in total. The molecule has 0 radical (unpaired) electrons. The molecule has 0 aromatic rings. The number of ether oxygens (including phenoxy) is 6. The minimum absolute atomic E-state index is 0.0743. The molecular weight excluding hydrogens is 572 g/mol. The van der Waals surface area contributed by atoms with Gasteiger partial charge in [-0.05, 0) is 26.2 Å². The van der Waals surface area contributed by atoms with E-state index in [9.17, 15) is 14.4 Å². The number of amides is 3. The van der Waals surface area contributed by atoms with Crippen molar-refractivity contribution in [2.24, 2.45) is 11.5 Å². The maximum Gasteiger partial charge on any atom is 0.220 e. The molecule has 6 N–H and O–H groups in total. The summed E-state index contributed by atoms with van der Waals surface area (Å²) in [6.45, 7) is 7.65. The average Bonchev–Trinajstić information content (AvgIpc) is 3.01. The first-order valence-corrected chi connectivity index (χ1v) is 14.6. The quantitative estimate of drug-likeness (QED) is 0.0669. The van der Waals surface area contributed by atoms with Gasteiger partial charge in [0.2, 0.25) is 17.7 Å². The Balaban J connectivity index is 0. The molecular formula is C31H52N4O9. The second-order valence-electron chi connectivity index (χ2n) is 9.22. The van der Waals surface area contributed by atoms with Crippen LogP contribution in [0.1, 0.15) is 45.4 Å². The molecule has 0 aliphatic rings. The predicted octanol–water partition coefficient (Wildman–Crippen LogP) is -0.252. The van der Waals surface area contributed by atoms with E-state index in [0.717, 1.165) is 6.61 Å². The van der Waals surface area contributed by atoms with Crippen molar-refractivity contribution in [3.63, 3.8) is 0 Å². The molecule has 0 unspecified atom stereocenters. The molecule has 0 aromatic carbocycles. The number of carbonyl (C=O) groups is 3. The number of hydrogen-bond acceptors (Lipinski definition) is 10. The number of hydrogen-bond donors (Lipinski definition) is 4. The van der Waals surface area contributed by atoms with Gasteiger partial charge in [0.15, 0.2) is 0 Å². The molecule has 0 saturated carbocycles. The standard InChI is InChI=1S/C24H40N4O7.C7H12O2/c1-3-13-32-17-19-34-15-11-27-22(30)6-9-24(26,8-5-21(25)29)10-7-23(31)28-12-16-35-20-18-33-14-4-2;1-3-5-9-7-6-8-4-2/h1-2H,5-20,26H2,(H2,25,29)(H,27,30)(H,28,31);1H,4-7H2,2H3. The number of rotatable bonds is 28. The molecule has 0 rings (SSSR count). The largest absolute Gasteiger partial charge is 0.379 e. The van der Waals surface area contributed by atoms with Crippen LogP contribution in [0.4, 0.5) is 0 Å². The van der Waals surface area contributed by atoms with E-state index in [0.29, 0.717) is 85.4 Å². The molecule has 0 aliphatic carbocycles. The van der Waals surface area contributed by atoms with Gasteiger partial charge in [-0.25, -0.2) is 0 Å². The fraction of sp³-hybridized carbons (Fsp3) is 0.710. The minimum Gasteiger partial charge on any atom is -0.379 e. The Morgan fingerprint density at radius 1 is 0.614 bits per heavy atom. The summed E-state index contributed by atoms with van der Waals surface area (Å²) >= 11 is 0. The molecule has 0 aromatic heterocycles. The lowest BCUT2D eigenvalue weighted by atomic mass is 9.84. The predicted molar refractivity (Wildman–Crippen MR) is 167 cm³/mol. The Bertz CT molecular complexity index is 820. The first-order valence-electron chi connectivity index (χ1n) is 14.6. The Labute approximate surface area is 263 Å². The zero-order valence-electron chi connectivity index (χ0n) is 26.2. The van der Waals surface area contributed by atoms with Crippen LogP contribution in [-0.4, -0.2) is 116 Å². The first-order chi connectivity index (χ1) is 21.2. The van der Waals surface area contributed by atoms with Crippen molar-refractivity contribution in [3.8, 4) is 37.0 Å². The fourth-order valence-electron chi connectivity index (χ4n) is 3.27. The highest BCUT2D eigenvalue weighted by Crippen LogP contribution is 2.22. The van der Waals surface area contributed by atoms with Crippen molar-refractivity contribution in [2.45, 2.75) is 51.0 Å². The van der Waals surface area contributed by atoms with Crippen LogP contribution in [0.15, 0.2) is 0 Å². The van der Waals surface area contributed by atoms with Crippen LogP contribution in [-0.2, 0) is 42.8 Å². The van der Waals surface area contributed by atoms with Crippen molar-refractivity contribution < 1.29 is 42.8 Å². The van der Waals surface area contributed by atoms with E-state index in [4.69, 9.17) is 59.2 Å². The molecule has 250 valence electrons. The van der Waals surface area contributed by atoms with Gasteiger partial charge >= 0.3 is 0 Å². The van der Waals surface area contributed by atoms with Gasteiger partial charge in [-0.3, -0.25) is 14.4 Å². The fourth-order valence-corrected chi connectivity index (χ4v) is 3.27. The van der Waals surface area contributed by atoms with Gasteiger partial charge in [-0.1, -0.05) is 17.8 Å². The van der Waals surface area contributed by atoms with Crippen LogP contribution in [0.5, 0.6) is 0 Å². The van der Waals surface area contributed by atoms with E-state index in [2.05, 4.69) is 28.4 Å². The van der Waals surface area contributed by atoms with Crippen LogP contribution in [0.25, 0.3) is 0 Å². The van der Waals surface area contributed by atoms with Gasteiger partial charge in [0.05, 0.1) is 52.9 Å². The van der Waals surface area contributed by atoms with E-state index in [1.54, 1.807) is 0 Å². The van der Waals surface area contributed by atoms with Crippen LogP contribution in [0.2, 0.25) is 0 Å². The van der Waals surface area contributed by atoms with Crippen molar-refractivity contribution in [1.82, 2.24) is 10.6 Å². The van der Waals surface area contributed by atoms with Gasteiger partial charge in [-0.2, -0.15) is 0 Å². The monoisotopic (exact) mass is 624 g/mol.